The number of amides is 12. The van der Waals surface area contributed by atoms with Crippen LogP contribution in [0.25, 0.3) is 0 Å². The Morgan fingerprint density at radius 1 is 0.763 bits per heavy atom. The van der Waals surface area contributed by atoms with Crippen LogP contribution < -0.4 is 43.0 Å². The fraction of sp³-hybridized carbons (Fsp3) is 0.643. The number of nitrogens with one attached hydrogen (secondary N) is 7. The van der Waals surface area contributed by atoms with Gasteiger partial charge in [0.1, 0.15) is 24.7 Å². The molecule has 12 amide bonds. The number of ether oxygens (including phenoxy) is 3. The van der Waals surface area contributed by atoms with Crippen LogP contribution >= 0.6 is 0 Å². The molecule has 536 valence electrons. The van der Waals surface area contributed by atoms with Crippen LogP contribution in [-0.2, 0) is 70.4 Å². The summed E-state index contributed by atoms with van der Waals surface area (Å²) in [4.78, 5) is 152. The molecule has 3 fully saturated rings. The SMILES string of the molecule is CC[C@H](C)[C@@H]([C@@H](CC(=O)N1CCC[C@H]1[C@H](OC)C(C)C(=O)N[C@H](CO)Cc1cccc(NC(=O)OCc2ccc(NC(=O)[C@H](CCCNC(N)=O)NC(=O)[C@@H](NC(=O)CCCCCN3C(=O)C=CC3=O)C(C)C)cc2)c1)OC)N(C)C(=O)[C@@H](NC(=O)[C@@H]1[C@H]2CC[C@H](C2)N1C)C(C)C. The van der Waals surface area contributed by atoms with E-state index >= 15 is 0 Å². The predicted molar refractivity (Wildman–Crippen MR) is 363 cm³/mol. The summed E-state index contributed by atoms with van der Waals surface area (Å²) in [6, 6.07) is 8.14. The third-order valence-corrected chi connectivity index (χ3v) is 19.5. The molecule has 6 rings (SSSR count). The van der Waals surface area contributed by atoms with Crippen molar-refractivity contribution >= 4 is 76.7 Å². The Balaban J connectivity index is 0.975. The average molecular weight is 1360 g/mol. The number of aliphatic hydroxyl groups excluding tert-OH is 1. The highest BCUT2D eigenvalue weighted by Gasteiger charge is 2.49. The zero-order chi connectivity index (χ0) is 71.2. The van der Waals surface area contributed by atoms with E-state index in [2.05, 4.69) is 42.1 Å². The largest absolute Gasteiger partial charge is 0.444 e. The van der Waals surface area contributed by atoms with Gasteiger partial charge < -0.3 is 66.8 Å². The Kier molecular flexibility index (Phi) is 30.3. The maximum atomic E-state index is 14.5. The molecule has 2 saturated heterocycles. The fourth-order valence-electron chi connectivity index (χ4n) is 13.9. The van der Waals surface area contributed by atoms with E-state index in [9.17, 15) is 57.8 Å². The molecule has 97 heavy (non-hydrogen) atoms. The van der Waals surface area contributed by atoms with Gasteiger partial charge in [-0.05, 0) is 130 Å². The van der Waals surface area contributed by atoms with Gasteiger partial charge in [-0.25, -0.2) is 9.59 Å². The second-order valence-electron chi connectivity index (χ2n) is 27.1. The number of piperidine rings is 1. The maximum absolute atomic E-state index is 14.5. The quantitative estimate of drug-likeness (QED) is 0.0330. The first-order valence-corrected chi connectivity index (χ1v) is 34.3. The number of benzene rings is 2. The van der Waals surface area contributed by atoms with Crippen molar-refractivity contribution in [2.75, 3.05) is 65.2 Å². The normalized spacial score (nSPS) is 20.3. The van der Waals surface area contributed by atoms with Crippen molar-refractivity contribution in [3.05, 3.63) is 71.8 Å². The molecular weight excluding hydrogens is 1250 g/mol. The van der Waals surface area contributed by atoms with Crippen LogP contribution in [0.4, 0.5) is 21.0 Å². The number of likely N-dealkylation sites (tertiary alicyclic amines) is 2. The summed E-state index contributed by atoms with van der Waals surface area (Å²) in [5, 5.41) is 30.1. The zero-order valence-electron chi connectivity index (χ0n) is 58.4. The number of carbonyl (C=O) groups is 11. The molecule has 0 aromatic heterocycles. The molecule has 1 aliphatic carbocycles. The highest BCUT2D eigenvalue weighted by Crippen LogP contribution is 2.41. The van der Waals surface area contributed by atoms with E-state index in [-0.39, 0.29) is 117 Å². The molecule has 27 nitrogen and oxygen atoms in total. The summed E-state index contributed by atoms with van der Waals surface area (Å²) in [5.74, 6) is -4.37. The van der Waals surface area contributed by atoms with Gasteiger partial charge in [-0.1, -0.05) is 85.6 Å². The van der Waals surface area contributed by atoms with E-state index < -0.39 is 90.8 Å². The molecule has 2 aromatic carbocycles. The summed E-state index contributed by atoms with van der Waals surface area (Å²) in [6.45, 7) is 13.4. The van der Waals surface area contributed by atoms with Gasteiger partial charge in [0.25, 0.3) is 11.8 Å². The van der Waals surface area contributed by atoms with Crippen molar-refractivity contribution in [1.82, 2.24) is 46.2 Å². The van der Waals surface area contributed by atoms with Gasteiger partial charge in [-0.15, -0.1) is 0 Å². The van der Waals surface area contributed by atoms with E-state index in [0.29, 0.717) is 73.6 Å². The van der Waals surface area contributed by atoms with Crippen molar-refractivity contribution in [2.24, 2.45) is 35.3 Å². The second-order valence-corrected chi connectivity index (χ2v) is 27.1. The Bertz CT molecular complexity index is 3050. The van der Waals surface area contributed by atoms with Crippen LogP contribution in [0.15, 0.2) is 60.7 Å². The van der Waals surface area contributed by atoms with Crippen LogP contribution in [0.1, 0.15) is 143 Å². The highest BCUT2D eigenvalue weighted by molar-refractivity contribution is 6.12. The number of anilines is 2. The summed E-state index contributed by atoms with van der Waals surface area (Å²) < 4.78 is 17.6. The molecule has 4 aliphatic rings. The lowest BCUT2D eigenvalue weighted by molar-refractivity contribution is -0.148. The van der Waals surface area contributed by atoms with Crippen LogP contribution in [0.5, 0.6) is 0 Å². The van der Waals surface area contributed by atoms with Crippen LogP contribution in [0.3, 0.4) is 0 Å². The number of hydrogen-bond acceptors (Lipinski definition) is 16. The van der Waals surface area contributed by atoms with Crippen molar-refractivity contribution in [3.8, 4) is 0 Å². The number of aliphatic hydroxyl groups is 1. The van der Waals surface area contributed by atoms with Gasteiger partial charge in [0.05, 0.1) is 55.3 Å². The summed E-state index contributed by atoms with van der Waals surface area (Å²) >= 11 is 0. The third-order valence-electron chi connectivity index (χ3n) is 19.5. The zero-order valence-corrected chi connectivity index (χ0v) is 58.4. The standard InChI is InChI=1S/C70H106N12O15/c1-12-43(6)61(80(9)68(92)60(42(4)5)78-67(91)62-47-26-29-51(37-47)79(62)8)54(95-10)38-58(87)81-34-18-22-53(81)63(96-11)44(7)64(88)74-50(39-83)36-46-19-16-20-49(35-46)75-70(94)97-40-45-24-27-48(28-25-45)73-65(89)52(21-17-32-72-69(71)93)76-66(90)59(41(2)3)77-55(84)23-14-13-15-33-82-56(85)30-31-57(82)86/h16,19-20,24-25,27-28,30-31,35,41-44,47,50-54,59-63,83H,12-15,17-18,21-23,26,29,32-34,36-40H2,1-11H3,(H,73,89)(H,74,88)(H,75,94)(H,76,90)(H,77,84)(H,78,91)(H3,71,72,93)/t43-,44?,47-,50-,51+,52-,53-,54+,59-,60-,61-,62-,63+/m0/s1. The topological polar surface area (TPSA) is 359 Å². The van der Waals surface area contributed by atoms with Gasteiger partial charge in [-0.3, -0.25) is 58.3 Å². The Hall–Kier alpha value is -8.01. The van der Waals surface area contributed by atoms with Crippen LogP contribution in [0.2, 0.25) is 0 Å². The number of methoxy groups -OCH3 is 2. The number of carbonyl (C=O) groups excluding carboxylic acids is 11. The molecule has 3 aliphatic heterocycles. The van der Waals surface area contributed by atoms with E-state index in [1.165, 1.54) is 19.3 Å². The highest BCUT2D eigenvalue weighted by atomic mass is 16.5. The van der Waals surface area contributed by atoms with Gasteiger partial charge >= 0.3 is 12.1 Å². The van der Waals surface area contributed by atoms with Gasteiger partial charge in [-0.2, -0.15) is 0 Å². The summed E-state index contributed by atoms with van der Waals surface area (Å²) in [5.41, 5.74) is 7.25. The number of rotatable bonds is 38. The number of nitrogens with two attached hydrogens (primary N) is 1. The molecular formula is C70H106N12O15. The number of primary amides is 1. The maximum Gasteiger partial charge on any atom is 0.411 e. The Labute approximate surface area is 570 Å². The Morgan fingerprint density at radius 2 is 1.46 bits per heavy atom. The number of hydrogen-bond donors (Lipinski definition) is 9. The molecule has 27 heteroatoms. The molecule has 0 spiro atoms. The van der Waals surface area contributed by atoms with Crippen molar-refractivity contribution < 1.29 is 72.1 Å². The van der Waals surface area contributed by atoms with Crippen molar-refractivity contribution in [3.63, 3.8) is 0 Å². The lowest BCUT2D eigenvalue weighted by Crippen LogP contribution is -2.60. The molecule has 10 N–H and O–H groups in total. The van der Waals surface area contributed by atoms with Gasteiger partial charge in [0, 0.05) is 76.9 Å². The van der Waals surface area contributed by atoms with Gasteiger partial charge in [0.2, 0.25) is 41.4 Å². The molecule has 3 heterocycles. The number of unbranched alkanes of at least 4 members (excludes halogenated alkanes) is 2. The average Bonchev–Trinajstić information content (AvgIpc) is 1.66. The van der Waals surface area contributed by atoms with Crippen LogP contribution in [-0.4, -0.2) is 205 Å². The van der Waals surface area contributed by atoms with Gasteiger partial charge in [0.15, 0.2) is 0 Å². The molecule has 1 saturated carbocycles. The number of urea groups is 1. The van der Waals surface area contributed by atoms with Crippen LogP contribution in [0, 0.1) is 29.6 Å². The first kappa shape index (κ1) is 78.0. The van der Waals surface area contributed by atoms with E-state index in [1.807, 2.05) is 34.7 Å². The number of nitrogens with zero attached hydrogens (tertiary/aromatic N) is 4. The monoisotopic (exact) mass is 1350 g/mol. The molecule has 0 radical (unpaired) electrons. The van der Waals surface area contributed by atoms with E-state index in [0.717, 1.165) is 24.2 Å². The molecule has 2 bridgehead atoms. The first-order valence-electron chi connectivity index (χ1n) is 34.3. The minimum Gasteiger partial charge on any atom is -0.444 e. The Morgan fingerprint density at radius 3 is 2.08 bits per heavy atom. The molecule has 2 aromatic rings. The number of likely N-dealkylation sites (N-methyl/N-ethyl adjacent to an activating group) is 2. The lowest BCUT2D eigenvalue weighted by Gasteiger charge is -2.41. The minimum atomic E-state index is -1.09. The lowest BCUT2D eigenvalue weighted by atomic mass is 9.89. The summed E-state index contributed by atoms with van der Waals surface area (Å²) in [7, 11) is 6.77. The number of imide groups is 1. The molecule has 13 atom stereocenters. The van der Waals surface area contributed by atoms with Crippen molar-refractivity contribution in [2.45, 2.75) is 206 Å². The van der Waals surface area contributed by atoms with E-state index in [1.54, 1.807) is 93.3 Å². The fourth-order valence-corrected chi connectivity index (χ4v) is 13.9. The smallest absolute Gasteiger partial charge is 0.411 e. The third kappa shape index (κ3) is 22.0. The summed E-state index contributed by atoms with van der Waals surface area (Å²) in [6.07, 6.45) is 7.43. The van der Waals surface area contributed by atoms with Crippen molar-refractivity contribution in [1.29, 1.82) is 0 Å². The van der Waals surface area contributed by atoms with E-state index in [4.69, 9.17) is 19.9 Å². The first-order chi connectivity index (χ1) is 46.2. The second kappa shape index (κ2) is 37.6. The minimum absolute atomic E-state index is 0.0379. The number of fused-ring (bicyclic) bond motifs is 2. The molecule has 1 unspecified atom stereocenters. The predicted octanol–water partition coefficient (Wildman–Crippen LogP) is 4.50.